The maximum absolute atomic E-state index is 12.2. The molecule has 118 valence electrons. The van der Waals surface area contributed by atoms with Gasteiger partial charge < -0.3 is 14.5 Å². The highest BCUT2D eigenvalue weighted by molar-refractivity contribution is 7.13. The van der Waals surface area contributed by atoms with Crippen LogP contribution in [0, 0.1) is 6.92 Å². The largest absolute Gasteiger partial charge is 0.440 e. The molecule has 0 radical (unpaired) electrons. The summed E-state index contributed by atoms with van der Waals surface area (Å²) < 4.78 is 11.3. The monoisotopic (exact) mass is 320 g/mol. The molecule has 0 aliphatic carbocycles. The molecule has 0 unspecified atom stereocenters. The van der Waals surface area contributed by atoms with Gasteiger partial charge in [-0.25, -0.2) is 4.98 Å². The topological polar surface area (TPSA) is 64.4 Å². The van der Waals surface area contributed by atoms with E-state index in [1.54, 1.807) is 11.3 Å². The third-order valence-corrected chi connectivity index (χ3v) is 4.72. The molecule has 0 spiro atoms. The molecule has 2 aromatic rings. The molecule has 6 heteroatoms. The Morgan fingerprint density at radius 3 is 3.14 bits per heavy atom. The number of carbonyl (C=O) groups excluding carboxylic acids is 1. The number of rotatable bonds is 5. The SMILES string of the molecule is Cc1oc(-c2cccs2)nc1CC(=O)N[C@@H](C)[C@H]1CCCO1. The van der Waals surface area contributed by atoms with E-state index in [0.717, 1.165) is 24.3 Å². The third kappa shape index (κ3) is 3.39. The highest BCUT2D eigenvalue weighted by Crippen LogP contribution is 2.26. The molecule has 0 saturated carbocycles. The van der Waals surface area contributed by atoms with Crippen molar-refractivity contribution in [2.45, 2.75) is 45.3 Å². The van der Waals surface area contributed by atoms with Gasteiger partial charge >= 0.3 is 0 Å². The van der Waals surface area contributed by atoms with Crippen LogP contribution in [-0.2, 0) is 16.0 Å². The first-order valence-electron chi connectivity index (χ1n) is 7.54. The Kier molecular flexibility index (Phi) is 4.59. The van der Waals surface area contributed by atoms with Crippen molar-refractivity contribution in [3.05, 3.63) is 29.0 Å². The third-order valence-electron chi connectivity index (χ3n) is 3.86. The van der Waals surface area contributed by atoms with Crippen LogP contribution in [0.2, 0.25) is 0 Å². The second kappa shape index (κ2) is 6.62. The smallest absolute Gasteiger partial charge is 0.236 e. The number of aryl methyl sites for hydroxylation is 1. The molecule has 1 aliphatic heterocycles. The van der Waals surface area contributed by atoms with Gasteiger partial charge in [0.1, 0.15) is 5.76 Å². The van der Waals surface area contributed by atoms with Gasteiger partial charge in [0, 0.05) is 6.61 Å². The van der Waals surface area contributed by atoms with Gasteiger partial charge in [-0.1, -0.05) is 6.07 Å². The maximum Gasteiger partial charge on any atom is 0.236 e. The van der Waals surface area contributed by atoms with Crippen LogP contribution >= 0.6 is 11.3 Å². The van der Waals surface area contributed by atoms with Crippen molar-refractivity contribution in [1.29, 1.82) is 0 Å². The second-order valence-corrected chi connectivity index (χ2v) is 6.53. The normalized spacial score (nSPS) is 19.3. The first-order chi connectivity index (χ1) is 10.6. The number of nitrogens with zero attached hydrogens (tertiary/aromatic N) is 1. The molecule has 5 nitrogen and oxygen atoms in total. The summed E-state index contributed by atoms with van der Waals surface area (Å²) in [6.07, 6.45) is 2.44. The van der Waals surface area contributed by atoms with Crippen molar-refractivity contribution in [2.75, 3.05) is 6.61 Å². The first-order valence-corrected chi connectivity index (χ1v) is 8.42. The Labute approximate surface area is 133 Å². The van der Waals surface area contributed by atoms with E-state index in [9.17, 15) is 4.79 Å². The summed E-state index contributed by atoms with van der Waals surface area (Å²) in [4.78, 5) is 17.6. The number of aromatic nitrogens is 1. The highest BCUT2D eigenvalue weighted by Gasteiger charge is 2.24. The number of carbonyl (C=O) groups is 1. The minimum absolute atomic E-state index is 0.0268. The van der Waals surface area contributed by atoms with Gasteiger partial charge in [-0.2, -0.15) is 0 Å². The summed E-state index contributed by atoms with van der Waals surface area (Å²) in [5.41, 5.74) is 0.695. The van der Waals surface area contributed by atoms with Crippen LogP contribution < -0.4 is 5.32 Å². The maximum atomic E-state index is 12.2. The minimum atomic E-state index is -0.0443. The zero-order chi connectivity index (χ0) is 15.5. The molecule has 2 aromatic heterocycles. The molecular weight excluding hydrogens is 300 g/mol. The number of hydrogen-bond acceptors (Lipinski definition) is 5. The van der Waals surface area contributed by atoms with Gasteiger partial charge in [-0.15, -0.1) is 11.3 Å². The average Bonchev–Trinajstić information content (AvgIpc) is 3.19. The van der Waals surface area contributed by atoms with Gasteiger partial charge in [0.05, 0.1) is 29.1 Å². The Hall–Kier alpha value is -1.66. The van der Waals surface area contributed by atoms with Gasteiger partial charge in [-0.3, -0.25) is 4.79 Å². The predicted octanol–water partition coefficient (Wildman–Crippen LogP) is 2.94. The molecule has 3 rings (SSSR count). The van der Waals surface area contributed by atoms with Gasteiger partial charge in [0.15, 0.2) is 0 Å². The van der Waals surface area contributed by atoms with Crippen LogP contribution in [0.1, 0.15) is 31.2 Å². The van der Waals surface area contributed by atoms with Crippen molar-refractivity contribution in [1.82, 2.24) is 10.3 Å². The fourth-order valence-corrected chi connectivity index (χ4v) is 3.29. The quantitative estimate of drug-likeness (QED) is 0.920. The van der Waals surface area contributed by atoms with Crippen molar-refractivity contribution < 1.29 is 13.9 Å². The number of hydrogen-bond donors (Lipinski definition) is 1. The number of thiophene rings is 1. The van der Waals surface area contributed by atoms with Crippen molar-refractivity contribution in [2.24, 2.45) is 0 Å². The summed E-state index contributed by atoms with van der Waals surface area (Å²) in [6, 6.07) is 3.94. The van der Waals surface area contributed by atoms with Crippen LogP contribution in [0.25, 0.3) is 10.8 Å². The van der Waals surface area contributed by atoms with Crippen LogP contribution in [0.4, 0.5) is 0 Å². The Morgan fingerprint density at radius 1 is 1.59 bits per heavy atom. The zero-order valence-corrected chi connectivity index (χ0v) is 13.6. The number of oxazole rings is 1. The molecule has 1 fully saturated rings. The second-order valence-electron chi connectivity index (χ2n) is 5.58. The number of nitrogens with one attached hydrogen (secondary N) is 1. The van der Waals surface area contributed by atoms with Crippen molar-refractivity contribution >= 4 is 17.2 Å². The zero-order valence-electron chi connectivity index (χ0n) is 12.8. The van der Waals surface area contributed by atoms with E-state index < -0.39 is 0 Å². The van der Waals surface area contributed by atoms with E-state index in [4.69, 9.17) is 9.15 Å². The summed E-state index contributed by atoms with van der Waals surface area (Å²) in [6.45, 7) is 4.62. The first kappa shape index (κ1) is 15.2. The Balaban J connectivity index is 1.61. The summed E-state index contributed by atoms with van der Waals surface area (Å²) in [5.74, 6) is 1.24. The molecule has 0 bridgehead atoms. The lowest BCUT2D eigenvalue weighted by atomic mass is 10.1. The standard InChI is InChI=1S/C16H20N2O3S/c1-10(13-5-3-7-20-13)17-15(19)9-12-11(2)21-16(18-12)14-6-4-8-22-14/h4,6,8,10,13H,3,5,7,9H2,1-2H3,(H,17,19)/t10-,13+/m0/s1. The highest BCUT2D eigenvalue weighted by atomic mass is 32.1. The van der Waals surface area contributed by atoms with Crippen LogP contribution in [0.5, 0.6) is 0 Å². The van der Waals surface area contributed by atoms with E-state index >= 15 is 0 Å². The van der Waals surface area contributed by atoms with E-state index in [1.165, 1.54) is 0 Å². The predicted molar refractivity (Wildman–Crippen MR) is 84.8 cm³/mol. The average molecular weight is 320 g/mol. The lowest BCUT2D eigenvalue weighted by Gasteiger charge is -2.19. The van der Waals surface area contributed by atoms with E-state index in [2.05, 4.69) is 10.3 Å². The van der Waals surface area contributed by atoms with E-state index in [0.29, 0.717) is 17.3 Å². The Bertz CT molecular complexity index is 630. The molecule has 3 heterocycles. The molecule has 1 N–H and O–H groups in total. The lowest BCUT2D eigenvalue weighted by Crippen LogP contribution is -2.41. The summed E-state index contributed by atoms with van der Waals surface area (Å²) in [5, 5.41) is 4.98. The summed E-state index contributed by atoms with van der Waals surface area (Å²) in [7, 11) is 0. The fourth-order valence-electron chi connectivity index (χ4n) is 2.64. The molecule has 22 heavy (non-hydrogen) atoms. The molecule has 0 aromatic carbocycles. The lowest BCUT2D eigenvalue weighted by molar-refractivity contribution is -0.122. The molecule has 1 amide bonds. The minimum Gasteiger partial charge on any atom is -0.440 e. The molecular formula is C16H20N2O3S. The van der Waals surface area contributed by atoms with E-state index in [-0.39, 0.29) is 24.5 Å². The fraction of sp³-hybridized carbons (Fsp3) is 0.500. The summed E-state index contributed by atoms with van der Waals surface area (Å²) >= 11 is 1.57. The Morgan fingerprint density at radius 2 is 2.45 bits per heavy atom. The molecule has 1 aliphatic rings. The van der Waals surface area contributed by atoms with Crippen LogP contribution in [0.15, 0.2) is 21.9 Å². The number of ether oxygens (including phenoxy) is 1. The van der Waals surface area contributed by atoms with Crippen molar-refractivity contribution in [3.63, 3.8) is 0 Å². The van der Waals surface area contributed by atoms with Gasteiger partial charge in [0.25, 0.3) is 0 Å². The van der Waals surface area contributed by atoms with E-state index in [1.807, 2.05) is 31.4 Å². The molecule has 1 saturated heterocycles. The van der Waals surface area contributed by atoms with Gasteiger partial charge in [0.2, 0.25) is 11.8 Å². The number of amides is 1. The van der Waals surface area contributed by atoms with Crippen LogP contribution in [0.3, 0.4) is 0 Å². The van der Waals surface area contributed by atoms with Gasteiger partial charge in [-0.05, 0) is 38.1 Å². The van der Waals surface area contributed by atoms with Crippen molar-refractivity contribution in [3.8, 4) is 10.8 Å². The van der Waals surface area contributed by atoms with Crippen LogP contribution in [-0.4, -0.2) is 29.6 Å². The molecule has 2 atom stereocenters.